The number of rotatable bonds is 3. The van der Waals surface area contributed by atoms with Crippen LogP contribution in [0, 0.1) is 3.57 Å². The van der Waals surface area contributed by atoms with Crippen LogP contribution in [-0.4, -0.2) is 31.1 Å². The number of fused-ring (bicyclic) bond motifs is 2. The highest BCUT2D eigenvalue weighted by Gasteiger charge is 2.34. The van der Waals surface area contributed by atoms with E-state index in [1.165, 1.54) is 12.8 Å². The SMILES string of the molecule is COc1ccc(C(=O)NC2CC3CCC(C2)N3)c(I)c1.Cl. The monoisotopic (exact) mass is 422 g/mol. The normalized spacial score (nSPS) is 26.9. The summed E-state index contributed by atoms with van der Waals surface area (Å²) >= 11 is 2.19. The molecule has 2 heterocycles. The molecule has 2 bridgehead atoms. The number of carbonyl (C=O) groups excluding carboxylic acids is 1. The Labute approximate surface area is 144 Å². The predicted molar refractivity (Wildman–Crippen MR) is 93.4 cm³/mol. The molecule has 21 heavy (non-hydrogen) atoms. The maximum Gasteiger partial charge on any atom is 0.252 e. The van der Waals surface area contributed by atoms with Crippen LogP contribution in [0.15, 0.2) is 18.2 Å². The molecule has 116 valence electrons. The van der Waals surface area contributed by atoms with Gasteiger partial charge in [0.05, 0.1) is 12.7 Å². The minimum atomic E-state index is 0. The fourth-order valence-corrected chi connectivity index (χ4v) is 3.98. The lowest BCUT2D eigenvalue weighted by atomic mass is 9.99. The molecule has 1 aromatic carbocycles. The third-order valence-electron chi connectivity index (χ3n) is 4.23. The standard InChI is InChI=1S/C15H19IN2O2.ClH/c1-20-12-4-5-13(14(16)8-12)15(19)18-11-6-9-2-3-10(7-11)17-9;/h4-5,8-11,17H,2-3,6-7H2,1H3,(H,18,19);1H. The molecule has 2 aliphatic rings. The van der Waals surface area contributed by atoms with Crippen molar-refractivity contribution in [2.75, 3.05) is 7.11 Å². The Balaban J connectivity index is 0.00000161. The molecule has 0 saturated carbocycles. The van der Waals surface area contributed by atoms with Crippen molar-refractivity contribution in [3.05, 3.63) is 27.3 Å². The highest BCUT2D eigenvalue weighted by atomic mass is 127. The lowest BCUT2D eigenvalue weighted by molar-refractivity contribution is 0.0923. The van der Waals surface area contributed by atoms with E-state index in [9.17, 15) is 4.79 Å². The van der Waals surface area contributed by atoms with E-state index in [-0.39, 0.29) is 18.3 Å². The van der Waals surface area contributed by atoms with Gasteiger partial charge in [-0.2, -0.15) is 0 Å². The first-order chi connectivity index (χ1) is 9.65. The lowest BCUT2D eigenvalue weighted by Gasteiger charge is -2.29. The van der Waals surface area contributed by atoms with E-state index in [2.05, 4.69) is 33.2 Å². The van der Waals surface area contributed by atoms with Crippen molar-refractivity contribution in [1.82, 2.24) is 10.6 Å². The summed E-state index contributed by atoms with van der Waals surface area (Å²) in [7, 11) is 1.63. The first-order valence-electron chi connectivity index (χ1n) is 7.06. The largest absolute Gasteiger partial charge is 0.497 e. The smallest absolute Gasteiger partial charge is 0.252 e. The quantitative estimate of drug-likeness (QED) is 0.737. The fraction of sp³-hybridized carbons (Fsp3) is 0.533. The van der Waals surface area contributed by atoms with Gasteiger partial charge in [0.1, 0.15) is 5.75 Å². The summed E-state index contributed by atoms with van der Waals surface area (Å²) in [5.41, 5.74) is 0.734. The van der Waals surface area contributed by atoms with Gasteiger partial charge < -0.3 is 15.4 Å². The van der Waals surface area contributed by atoms with Crippen molar-refractivity contribution in [2.45, 2.75) is 43.8 Å². The number of amides is 1. The fourth-order valence-electron chi connectivity index (χ4n) is 3.25. The molecular weight excluding hydrogens is 403 g/mol. The molecule has 0 aromatic heterocycles. The molecule has 2 saturated heterocycles. The molecule has 4 nitrogen and oxygen atoms in total. The number of halogens is 2. The van der Waals surface area contributed by atoms with Crippen LogP contribution in [0.1, 0.15) is 36.0 Å². The number of hydrogen-bond donors (Lipinski definition) is 2. The molecule has 2 atom stereocenters. The van der Waals surface area contributed by atoms with Crippen LogP contribution >= 0.6 is 35.0 Å². The molecule has 2 N–H and O–H groups in total. The van der Waals surface area contributed by atoms with Crippen molar-refractivity contribution >= 4 is 40.9 Å². The number of ether oxygens (including phenoxy) is 1. The highest BCUT2D eigenvalue weighted by Crippen LogP contribution is 2.27. The topological polar surface area (TPSA) is 50.4 Å². The van der Waals surface area contributed by atoms with E-state index >= 15 is 0 Å². The molecule has 0 aliphatic carbocycles. The second kappa shape index (κ2) is 7.15. The molecule has 0 spiro atoms. The van der Waals surface area contributed by atoms with Gasteiger partial charge in [-0.1, -0.05) is 0 Å². The van der Waals surface area contributed by atoms with E-state index in [0.717, 1.165) is 27.7 Å². The molecule has 2 fully saturated rings. The van der Waals surface area contributed by atoms with E-state index in [4.69, 9.17) is 4.74 Å². The summed E-state index contributed by atoms with van der Waals surface area (Å²) in [6, 6.07) is 7.05. The third-order valence-corrected chi connectivity index (χ3v) is 5.12. The van der Waals surface area contributed by atoms with Gasteiger partial charge in [-0.3, -0.25) is 4.79 Å². The van der Waals surface area contributed by atoms with Crippen LogP contribution < -0.4 is 15.4 Å². The molecular formula is C15H20ClIN2O2. The molecule has 6 heteroatoms. The van der Waals surface area contributed by atoms with Gasteiger partial charge in [-0.15, -0.1) is 12.4 Å². The van der Waals surface area contributed by atoms with Gasteiger partial charge >= 0.3 is 0 Å². The second-order valence-corrected chi connectivity index (χ2v) is 6.79. The van der Waals surface area contributed by atoms with Crippen LogP contribution in [0.4, 0.5) is 0 Å². The Hall–Kier alpha value is -0.530. The van der Waals surface area contributed by atoms with Gasteiger partial charge in [0, 0.05) is 21.7 Å². The summed E-state index contributed by atoms with van der Waals surface area (Å²) in [5.74, 6) is 0.814. The van der Waals surface area contributed by atoms with Crippen molar-refractivity contribution < 1.29 is 9.53 Å². The predicted octanol–water partition coefficient (Wildman–Crippen LogP) is 2.73. The number of piperidine rings is 1. The van der Waals surface area contributed by atoms with Crippen LogP contribution in [0.3, 0.4) is 0 Å². The zero-order chi connectivity index (χ0) is 14.1. The minimum absolute atomic E-state index is 0. The van der Waals surface area contributed by atoms with Crippen molar-refractivity contribution in [2.24, 2.45) is 0 Å². The molecule has 2 aliphatic heterocycles. The summed E-state index contributed by atoms with van der Waals surface area (Å²) in [6.07, 6.45) is 4.60. The van der Waals surface area contributed by atoms with Crippen molar-refractivity contribution in [1.29, 1.82) is 0 Å². The van der Waals surface area contributed by atoms with E-state index in [1.54, 1.807) is 7.11 Å². The number of benzene rings is 1. The molecule has 1 amide bonds. The van der Waals surface area contributed by atoms with Gasteiger partial charge in [-0.05, 0) is 66.5 Å². The number of hydrogen-bond acceptors (Lipinski definition) is 3. The van der Waals surface area contributed by atoms with Gasteiger partial charge in [-0.25, -0.2) is 0 Å². The van der Waals surface area contributed by atoms with Crippen LogP contribution in [0.2, 0.25) is 0 Å². The Morgan fingerprint density at radius 2 is 2.00 bits per heavy atom. The van der Waals surface area contributed by atoms with Gasteiger partial charge in [0.2, 0.25) is 0 Å². The highest BCUT2D eigenvalue weighted by molar-refractivity contribution is 14.1. The maximum atomic E-state index is 12.4. The number of carbonyl (C=O) groups is 1. The van der Waals surface area contributed by atoms with E-state index < -0.39 is 0 Å². The lowest BCUT2D eigenvalue weighted by Crippen LogP contribution is -2.48. The molecule has 1 aromatic rings. The maximum absolute atomic E-state index is 12.4. The number of nitrogens with one attached hydrogen (secondary N) is 2. The Bertz CT molecular complexity index is 514. The third kappa shape index (κ3) is 3.81. The van der Waals surface area contributed by atoms with Crippen LogP contribution in [-0.2, 0) is 0 Å². The summed E-state index contributed by atoms with van der Waals surface area (Å²) < 4.78 is 6.10. The first-order valence-corrected chi connectivity index (χ1v) is 8.14. The zero-order valence-electron chi connectivity index (χ0n) is 11.9. The van der Waals surface area contributed by atoms with Gasteiger partial charge in [0.25, 0.3) is 5.91 Å². The second-order valence-electron chi connectivity index (χ2n) is 5.63. The first kappa shape index (κ1) is 16.8. The zero-order valence-corrected chi connectivity index (χ0v) is 14.9. The summed E-state index contributed by atoms with van der Waals surface area (Å²) in [4.78, 5) is 12.4. The van der Waals surface area contributed by atoms with Crippen LogP contribution in [0.25, 0.3) is 0 Å². The summed E-state index contributed by atoms with van der Waals surface area (Å²) in [5, 5.41) is 6.78. The van der Waals surface area contributed by atoms with E-state index in [0.29, 0.717) is 18.1 Å². The Morgan fingerprint density at radius 1 is 1.33 bits per heavy atom. The average molecular weight is 423 g/mol. The van der Waals surface area contributed by atoms with Crippen molar-refractivity contribution in [3.8, 4) is 5.75 Å². The Kier molecular flexibility index (Phi) is 5.73. The number of methoxy groups -OCH3 is 1. The molecule has 3 rings (SSSR count). The van der Waals surface area contributed by atoms with Crippen molar-refractivity contribution in [3.63, 3.8) is 0 Å². The Morgan fingerprint density at radius 3 is 2.57 bits per heavy atom. The minimum Gasteiger partial charge on any atom is -0.497 e. The van der Waals surface area contributed by atoms with E-state index in [1.807, 2.05) is 18.2 Å². The van der Waals surface area contributed by atoms with Crippen LogP contribution in [0.5, 0.6) is 5.75 Å². The average Bonchev–Trinajstić information content (AvgIpc) is 2.77. The molecule has 2 unspecified atom stereocenters. The molecule has 0 radical (unpaired) electrons. The summed E-state index contributed by atoms with van der Waals surface area (Å²) in [6.45, 7) is 0. The van der Waals surface area contributed by atoms with Gasteiger partial charge in [0.15, 0.2) is 0 Å².